The van der Waals surface area contributed by atoms with Crippen molar-refractivity contribution in [1.29, 1.82) is 5.26 Å². The number of aromatic nitrogens is 3. The quantitative estimate of drug-likeness (QED) is 0.725. The summed E-state index contributed by atoms with van der Waals surface area (Å²) in [6, 6.07) is 2.11. The van der Waals surface area contributed by atoms with Gasteiger partial charge in [0, 0.05) is 13.7 Å². The lowest BCUT2D eigenvalue weighted by molar-refractivity contribution is 0.148. The van der Waals surface area contributed by atoms with Gasteiger partial charge < -0.3 is 4.74 Å². The minimum Gasteiger partial charge on any atom is -0.384 e. The van der Waals surface area contributed by atoms with Gasteiger partial charge in [0.1, 0.15) is 0 Å². The van der Waals surface area contributed by atoms with Gasteiger partial charge in [-0.1, -0.05) is 19.1 Å². The van der Waals surface area contributed by atoms with E-state index in [1.165, 1.54) is 0 Å². The Morgan fingerprint density at radius 2 is 2.31 bits per heavy atom. The fourth-order valence-electron chi connectivity index (χ4n) is 1.75. The Morgan fingerprint density at radius 3 is 2.88 bits per heavy atom. The maximum Gasteiger partial charge on any atom is 0.0999 e. The van der Waals surface area contributed by atoms with Gasteiger partial charge in [-0.15, -0.1) is 5.10 Å². The van der Waals surface area contributed by atoms with Crippen LogP contribution in [0.1, 0.15) is 25.2 Å². The number of nitrogens with zero attached hydrogens (tertiary/aromatic N) is 4. The summed E-state index contributed by atoms with van der Waals surface area (Å²) in [5, 5.41) is 16.8. The van der Waals surface area contributed by atoms with E-state index in [-0.39, 0.29) is 0 Å². The largest absolute Gasteiger partial charge is 0.384 e. The van der Waals surface area contributed by atoms with Crippen LogP contribution in [-0.4, -0.2) is 28.7 Å². The maximum absolute atomic E-state index is 8.67. The van der Waals surface area contributed by atoms with Crippen LogP contribution in [0.5, 0.6) is 0 Å². The number of hydrogen-bond acceptors (Lipinski definition) is 4. The maximum atomic E-state index is 8.67. The average molecular weight is 222 g/mol. The summed E-state index contributed by atoms with van der Waals surface area (Å²) in [6.07, 6.45) is 1.19. The molecule has 0 aliphatic carbocycles. The minimum absolute atomic E-state index is 0.335. The topological polar surface area (TPSA) is 63.7 Å². The van der Waals surface area contributed by atoms with E-state index in [9.17, 15) is 0 Å². The van der Waals surface area contributed by atoms with E-state index in [1.54, 1.807) is 7.11 Å². The molecular formula is C11H18N4O. The molecule has 0 saturated carbocycles. The SMILES string of the molecule is CCc1c(CC#N)nnn1CC(C)COC. The predicted octanol–water partition coefficient (Wildman–Crippen LogP) is 1.19. The molecule has 5 heteroatoms. The van der Waals surface area contributed by atoms with Crippen LogP contribution in [0.15, 0.2) is 0 Å². The molecule has 1 unspecified atom stereocenters. The minimum atomic E-state index is 0.335. The predicted molar refractivity (Wildman–Crippen MR) is 59.8 cm³/mol. The number of hydrogen-bond donors (Lipinski definition) is 0. The molecule has 0 amide bonds. The number of methoxy groups -OCH3 is 1. The van der Waals surface area contributed by atoms with E-state index < -0.39 is 0 Å². The van der Waals surface area contributed by atoms with Gasteiger partial charge in [-0.05, 0) is 12.3 Å². The summed E-state index contributed by atoms with van der Waals surface area (Å²) < 4.78 is 6.98. The Bertz CT molecular complexity index is 367. The van der Waals surface area contributed by atoms with Crippen LogP contribution >= 0.6 is 0 Å². The first kappa shape index (κ1) is 12.7. The lowest BCUT2D eigenvalue weighted by atomic mass is 10.1. The van der Waals surface area contributed by atoms with E-state index in [2.05, 4.69) is 30.2 Å². The molecular weight excluding hydrogens is 204 g/mol. The van der Waals surface area contributed by atoms with Crippen LogP contribution in [0.3, 0.4) is 0 Å². The van der Waals surface area contributed by atoms with Gasteiger partial charge in [-0.25, -0.2) is 4.68 Å². The van der Waals surface area contributed by atoms with Crippen molar-refractivity contribution in [2.45, 2.75) is 33.2 Å². The van der Waals surface area contributed by atoms with Crippen molar-refractivity contribution in [2.75, 3.05) is 13.7 Å². The smallest absolute Gasteiger partial charge is 0.0999 e. The van der Waals surface area contributed by atoms with Gasteiger partial charge in [0.2, 0.25) is 0 Å². The van der Waals surface area contributed by atoms with E-state index in [4.69, 9.17) is 10.00 Å². The summed E-state index contributed by atoms with van der Waals surface area (Å²) in [6.45, 7) is 5.65. The molecule has 88 valence electrons. The molecule has 0 fully saturated rings. The van der Waals surface area contributed by atoms with Crippen molar-refractivity contribution in [3.63, 3.8) is 0 Å². The lowest BCUT2D eigenvalue weighted by Gasteiger charge is -2.11. The first-order valence-electron chi connectivity index (χ1n) is 5.50. The molecule has 0 aliphatic heterocycles. The third kappa shape index (κ3) is 3.04. The fourth-order valence-corrected chi connectivity index (χ4v) is 1.75. The molecule has 0 saturated heterocycles. The molecule has 1 aromatic heterocycles. The standard InChI is InChI=1S/C11H18N4O/c1-4-11-10(5-6-12)13-14-15(11)7-9(2)8-16-3/h9H,4-5,7-8H2,1-3H3. The molecule has 0 bridgehead atoms. The lowest BCUT2D eigenvalue weighted by Crippen LogP contribution is -2.15. The van der Waals surface area contributed by atoms with E-state index in [0.29, 0.717) is 18.9 Å². The molecule has 16 heavy (non-hydrogen) atoms. The van der Waals surface area contributed by atoms with E-state index >= 15 is 0 Å². The highest BCUT2D eigenvalue weighted by Crippen LogP contribution is 2.10. The molecule has 0 radical (unpaired) electrons. The van der Waals surface area contributed by atoms with Crippen LogP contribution in [0.4, 0.5) is 0 Å². The first-order valence-corrected chi connectivity index (χ1v) is 5.50. The zero-order chi connectivity index (χ0) is 12.0. The normalized spacial score (nSPS) is 12.4. The summed E-state index contributed by atoms with van der Waals surface area (Å²) in [5.74, 6) is 0.395. The molecule has 0 aliphatic rings. The summed E-state index contributed by atoms with van der Waals surface area (Å²) in [4.78, 5) is 0. The van der Waals surface area contributed by atoms with Gasteiger partial charge in [0.15, 0.2) is 0 Å². The van der Waals surface area contributed by atoms with Gasteiger partial charge in [0.05, 0.1) is 30.5 Å². The van der Waals surface area contributed by atoms with Crippen molar-refractivity contribution in [3.8, 4) is 6.07 Å². The van der Waals surface area contributed by atoms with E-state index in [1.807, 2.05) is 4.68 Å². The first-order chi connectivity index (χ1) is 7.72. The summed E-state index contributed by atoms with van der Waals surface area (Å²) in [7, 11) is 1.69. The monoisotopic (exact) mass is 222 g/mol. The van der Waals surface area contributed by atoms with Crippen LogP contribution < -0.4 is 0 Å². The van der Waals surface area contributed by atoms with Gasteiger partial charge in [-0.2, -0.15) is 5.26 Å². The number of ether oxygens (including phenoxy) is 1. The average Bonchev–Trinajstić information content (AvgIpc) is 2.61. The highest BCUT2D eigenvalue weighted by molar-refractivity contribution is 5.14. The van der Waals surface area contributed by atoms with Crippen LogP contribution in [0.25, 0.3) is 0 Å². The van der Waals surface area contributed by atoms with Crippen LogP contribution in [-0.2, 0) is 24.1 Å². The molecule has 1 aromatic rings. The second kappa shape index (κ2) is 6.23. The van der Waals surface area contributed by atoms with Gasteiger partial charge >= 0.3 is 0 Å². The van der Waals surface area contributed by atoms with Crippen LogP contribution in [0, 0.1) is 17.2 Å². The molecule has 1 atom stereocenters. The molecule has 0 N–H and O–H groups in total. The molecule has 0 spiro atoms. The molecule has 0 aromatic carbocycles. The molecule has 5 nitrogen and oxygen atoms in total. The molecule has 1 heterocycles. The highest BCUT2D eigenvalue weighted by Gasteiger charge is 2.12. The summed E-state index contributed by atoms with van der Waals surface area (Å²) in [5.41, 5.74) is 1.86. The van der Waals surface area contributed by atoms with Gasteiger partial charge in [-0.3, -0.25) is 0 Å². The van der Waals surface area contributed by atoms with Crippen molar-refractivity contribution in [2.24, 2.45) is 5.92 Å². The van der Waals surface area contributed by atoms with Gasteiger partial charge in [0.25, 0.3) is 0 Å². The Balaban J connectivity index is 2.76. The Labute approximate surface area is 96.0 Å². The highest BCUT2D eigenvalue weighted by atomic mass is 16.5. The summed E-state index contributed by atoms with van der Waals surface area (Å²) >= 11 is 0. The number of rotatable bonds is 6. The second-order valence-corrected chi connectivity index (χ2v) is 3.91. The number of nitriles is 1. The third-order valence-electron chi connectivity index (χ3n) is 2.44. The zero-order valence-corrected chi connectivity index (χ0v) is 10.1. The van der Waals surface area contributed by atoms with E-state index in [0.717, 1.165) is 24.4 Å². The van der Waals surface area contributed by atoms with Crippen molar-refractivity contribution < 1.29 is 4.74 Å². The van der Waals surface area contributed by atoms with Crippen LogP contribution in [0.2, 0.25) is 0 Å². The Kier molecular flexibility index (Phi) is 4.93. The van der Waals surface area contributed by atoms with Crippen molar-refractivity contribution >= 4 is 0 Å². The van der Waals surface area contributed by atoms with Crippen molar-refractivity contribution in [3.05, 3.63) is 11.4 Å². The zero-order valence-electron chi connectivity index (χ0n) is 10.1. The fraction of sp³-hybridized carbons (Fsp3) is 0.727. The van der Waals surface area contributed by atoms with Crippen molar-refractivity contribution in [1.82, 2.24) is 15.0 Å². The molecule has 1 rings (SSSR count). The second-order valence-electron chi connectivity index (χ2n) is 3.91. The third-order valence-corrected chi connectivity index (χ3v) is 2.44. The Morgan fingerprint density at radius 1 is 1.56 bits per heavy atom. The Hall–Kier alpha value is -1.41.